The molecule has 0 spiro atoms. The third-order valence-electron chi connectivity index (χ3n) is 3.59. The molecule has 0 aliphatic carbocycles. The molecule has 3 aromatic rings. The summed E-state index contributed by atoms with van der Waals surface area (Å²) in [6, 6.07) is 18.0. The molecule has 5 nitrogen and oxygen atoms in total. The molecule has 0 unspecified atom stereocenters. The van der Waals surface area contributed by atoms with E-state index >= 15 is 0 Å². The second-order valence-corrected chi connectivity index (χ2v) is 5.63. The van der Waals surface area contributed by atoms with E-state index in [2.05, 4.69) is 27.2 Å². The van der Waals surface area contributed by atoms with E-state index in [0.717, 1.165) is 17.9 Å². The average molecular weight is 323 g/mol. The maximum absolute atomic E-state index is 5.44. The fraction of sp³-hybridized carbons (Fsp3) is 0.263. The minimum absolute atomic E-state index is 0.598. The summed E-state index contributed by atoms with van der Waals surface area (Å²) in [5.74, 6) is 2.05. The fourth-order valence-electron chi connectivity index (χ4n) is 2.49. The first-order valence-electron chi connectivity index (χ1n) is 8.03. The summed E-state index contributed by atoms with van der Waals surface area (Å²) >= 11 is 0. The molecule has 0 amide bonds. The zero-order valence-electron chi connectivity index (χ0n) is 14.0. The first kappa shape index (κ1) is 16.2. The van der Waals surface area contributed by atoms with E-state index in [1.54, 1.807) is 0 Å². The zero-order valence-corrected chi connectivity index (χ0v) is 14.0. The molecule has 124 valence electrons. The number of hydrogen-bond donors (Lipinski definition) is 0. The maximum atomic E-state index is 5.44. The molecular weight excluding hydrogens is 302 g/mol. The summed E-state index contributed by atoms with van der Waals surface area (Å²) < 4.78 is 10.8. The van der Waals surface area contributed by atoms with Gasteiger partial charge in [0.05, 0.1) is 13.2 Å². The van der Waals surface area contributed by atoms with Gasteiger partial charge in [0.25, 0.3) is 0 Å². The Morgan fingerprint density at radius 3 is 2.46 bits per heavy atom. The summed E-state index contributed by atoms with van der Waals surface area (Å²) in [5, 5.41) is 4.07. The van der Waals surface area contributed by atoms with Crippen molar-refractivity contribution in [1.29, 1.82) is 0 Å². The summed E-state index contributed by atoms with van der Waals surface area (Å²) in [7, 11) is 2.04. The van der Waals surface area contributed by atoms with Crippen molar-refractivity contribution in [2.24, 2.45) is 0 Å². The van der Waals surface area contributed by atoms with Crippen LogP contribution in [0, 0.1) is 0 Å². The second-order valence-electron chi connectivity index (χ2n) is 5.63. The highest BCUT2D eigenvalue weighted by atomic mass is 16.5. The predicted molar refractivity (Wildman–Crippen MR) is 92.5 cm³/mol. The molecule has 0 bridgehead atoms. The van der Waals surface area contributed by atoms with Crippen molar-refractivity contribution in [2.75, 3.05) is 13.7 Å². The van der Waals surface area contributed by atoms with Crippen molar-refractivity contribution in [2.45, 2.75) is 20.0 Å². The van der Waals surface area contributed by atoms with Crippen LogP contribution in [0.5, 0.6) is 5.75 Å². The Kier molecular flexibility index (Phi) is 5.23. The molecular formula is C19H21N3O2. The van der Waals surface area contributed by atoms with Gasteiger partial charge in [-0.25, -0.2) is 0 Å². The van der Waals surface area contributed by atoms with Gasteiger partial charge >= 0.3 is 0 Å². The number of nitrogens with zero attached hydrogens (tertiary/aromatic N) is 3. The number of aromatic nitrogens is 2. The Balaban J connectivity index is 1.62. The molecule has 0 saturated carbocycles. The van der Waals surface area contributed by atoms with E-state index in [-0.39, 0.29) is 0 Å². The Bertz CT molecular complexity index is 754. The molecule has 0 aliphatic heterocycles. The van der Waals surface area contributed by atoms with Crippen LogP contribution in [0.3, 0.4) is 0 Å². The van der Waals surface area contributed by atoms with E-state index in [4.69, 9.17) is 9.26 Å². The normalized spacial score (nSPS) is 11.0. The Morgan fingerprint density at radius 2 is 1.75 bits per heavy atom. The van der Waals surface area contributed by atoms with Gasteiger partial charge in [0.1, 0.15) is 5.75 Å². The highest BCUT2D eigenvalue weighted by Gasteiger charge is 2.11. The Hall–Kier alpha value is -2.66. The molecule has 0 N–H and O–H groups in total. The molecule has 0 saturated heterocycles. The largest absolute Gasteiger partial charge is 0.494 e. The summed E-state index contributed by atoms with van der Waals surface area (Å²) in [5.41, 5.74) is 2.17. The summed E-state index contributed by atoms with van der Waals surface area (Å²) in [6.45, 7) is 4.06. The summed E-state index contributed by atoms with van der Waals surface area (Å²) in [4.78, 5) is 6.62. The van der Waals surface area contributed by atoms with E-state index in [0.29, 0.717) is 24.9 Å². The van der Waals surface area contributed by atoms with Crippen LogP contribution in [0.25, 0.3) is 11.4 Å². The van der Waals surface area contributed by atoms with Crippen LogP contribution in [-0.2, 0) is 13.1 Å². The quantitative estimate of drug-likeness (QED) is 0.662. The molecule has 1 aromatic heterocycles. The van der Waals surface area contributed by atoms with Crippen molar-refractivity contribution in [3.8, 4) is 17.1 Å². The summed E-state index contributed by atoms with van der Waals surface area (Å²) in [6.07, 6.45) is 0. The lowest BCUT2D eigenvalue weighted by Gasteiger charge is -2.13. The van der Waals surface area contributed by atoms with Crippen molar-refractivity contribution in [3.63, 3.8) is 0 Å². The first-order valence-corrected chi connectivity index (χ1v) is 8.03. The van der Waals surface area contributed by atoms with Gasteiger partial charge in [0.15, 0.2) is 0 Å². The topological polar surface area (TPSA) is 51.4 Å². The molecule has 0 aliphatic rings. The van der Waals surface area contributed by atoms with Crippen LogP contribution >= 0.6 is 0 Å². The van der Waals surface area contributed by atoms with E-state index in [9.17, 15) is 0 Å². The SMILES string of the molecule is CCOc1ccc(-c2noc(CN(C)Cc3ccccc3)n2)cc1. The predicted octanol–water partition coefficient (Wildman–Crippen LogP) is 3.77. The van der Waals surface area contributed by atoms with Crippen LogP contribution in [-0.4, -0.2) is 28.7 Å². The van der Waals surface area contributed by atoms with Crippen LogP contribution in [0.4, 0.5) is 0 Å². The van der Waals surface area contributed by atoms with Crippen LogP contribution in [0.1, 0.15) is 18.4 Å². The van der Waals surface area contributed by atoms with Gasteiger partial charge in [0, 0.05) is 12.1 Å². The lowest BCUT2D eigenvalue weighted by atomic mass is 10.2. The minimum Gasteiger partial charge on any atom is -0.494 e. The fourth-order valence-corrected chi connectivity index (χ4v) is 2.49. The number of ether oxygens (including phenoxy) is 1. The van der Waals surface area contributed by atoms with E-state index in [1.165, 1.54) is 5.56 Å². The third kappa shape index (κ3) is 4.20. The minimum atomic E-state index is 0.598. The van der Waals surface area contributed by atoms with Gasteiger partial charge in [-0.1, -0.05) is 35.5 Å². The van der Waals surface area contributed by atoms with Gasteiger partial charge in [-0.2, -0.15) is 4.98 Å². The van der Waals surface area contributed by atoms with Crippen molar-refractivity contribution in [1.82, 2.24) is 15.0 Å². The van der Waals surface area contributed by atoms with Gasteiger partial charge in [-0.3, -0.25) is 4.90 Å². The van der Waals surface area contributed by atoms with Crippen molar-refractivity contribution < 1.29 is 9.26 Å². The number of hydrogen-bond acceptors (Lipinski definition) is 5. The average Bonchev–Trinajstić information content (AvgIpc) is 3.05. The molecule has 0 atom stereocenters. The second kappa shape index (κ2) is 7.75. The first-order chi connectivity index (χ1) is 11.7. The van der Waals surface area contributed by atoms with Crippen molar-refractivity contribution >= 4 is 0 Å². The molecule has 0 fully saturated rings. The number of rotatable bonds is 7. The Morgan fingerprint density at radius 1 is 1.00 bits per heavy atom. The van der Waals surface area contributed by atoms with Gasteiger partial charge in [-0.05, 0) is 43.8 Å². The molecule has 1 heterocycles. The maximum Gasteiger partial charge on any atom is 0.241 e. The van der Waals surface area contributed by atoms with Crippen molar-refractivity contribution in [3.05, 3.63) is 66.1 Å². The lowest BCUT2D eigenvalue weighted by molar-refractivity contribution is 0.261. The smallest absolute Gasteiger partial charge is 0.241 e. The molecule has 0 radical (unpaired) electrons. The van der Waals surface area contributed by atoms with Gasteiger partial charge in [0.2, 0.25) is 11.7 Å². The standard InChI is InChI=1S/C19H21N3O2/c1-3-23-17-11-9-16(10-12-17)19-20-18(24-21-19)14-22(2)13-15-7-5-4-6-8-15/h4-12H,3,13-14H2,1-2H3. The zero-order chi connectivity index (χ0) is 16.8. The Labute approximate surface area is 141 Å². The van der Waals surface area contributed by atoms with Crippen LogP contribution in [0.2, 0.25) is 0 Å². The van der Waals surface area contributed by atoms with Gasteiger partial charge in [-0.15, -0.1) is 0 Å². The molecule has 3 rings (SSSR count). The third-order valence-corrected chi connectivity index (χ3v) is 3.59. The van der Waals surface area contributed by atoms with E-state index < -0.39 is 0 Å². The highest BCUT2D eigenvalue weighted by Crippen LogP contribution is 2.20. The van der Waals surface area contributed by atoms with E-state index in [1.807, 2.05) is 56.4 Å². The lowest BCUT2D eigenvalue weighted by Crippen LogP contribution is -2.17. The molecule has 24 heavy (non-hydrogen) atoms. The van der Waals surface area contributed by atoms with Gasteiger partial charge < -0.3 is 9.26 Å². The monoisotopic (exact) mass is 323 g/mol. The molecule has 5 heteroatoms. The van der Waals surface area contributed by atoms with Crippen LogP contribution in [0.15, 0.2) is 59.1 Å². The highest BCUT2D eigenvalue weighted by molar-refractivity contribution is 5.55. The number of benzene rings is 2. The van der Waals surface area contributed by atoms with Crippen LogP contribution < -0.4 is 4.74 Å². The molecule has 2 aromatic carbocycles.